The zero-order valence-electron chi connectivity index (χ0n) is 19.2. The second kappa shape index (κ2) is 10.5. The molecule has 2 amide bonds. The summed E-state index contributed by atoms with van der Waals surface area (Å²) in [7, 11) is 0. The topological polar surface area (TPSA) is 83.0 Å². The largest absolute Gasteiger partial charge is 0.487 e. The zero-order chi connectivity index (χ0) is 23.1. The van der Waals surface area contributed by atoms with Crippen LogP contribution in [0.2, 0.25) is 0 Å². The maximum absolute atomic E-state index is 13.4. The van der Waals surface area contributed by atoms with Crippen molar-refractivity contribution in [2.24, 2.45) is 0 Å². The van der Waals surface area contributed by atoms with Crippen LogP contribution in [0.25, 0.3) is 0 Å². The minimum Gasteiger partial charge on any atom is -0.487 e. The third kappa shape index (κ3) is 6.22. The number of hydrogen-bond donors (Lipinski definition) is 1. The fraction of sp³-hybridized carbons (Fsp3) is 0.480. The van der Waals surface area contributed by atoms with Crippen LogP contribution >= 0.6 is 0 Å². The summed E-state index contributed by atoms with van der Waals surface area (Å²) in [5, 5.41) is 9.94. The molecule has 0 bridgehead atoms. The van der Waals surface area contributed by atoms with Crippen LogP contribution in [-0.2, 0) is 17.8 Å². The van der Waals surface area contributed by atoms with Crippen molar-refractivity contribution in [3.05, 3.63) is 59.9 Å². The van der Waals surface area contributed by atoms with E-state index in [1.807, 2.05) is 57.2 Å². The van der Waals surface area contributed by atoms with Crippen LogP contribution in [0.4, 0.5) is 4.79 Å². The van der Waals surface area contributed by atoms with E-state index in [9.17, 15) is 14.7 Å². The van der Waals surface area contributed by atoms with Crippen LogP contribution in [0, 0.1) is 0 Å². The van der Waals surface area contributed by atoms with Gasteiger partial charge in [0, 0.05) is 30.7 Å². The van der Waals surface area contributed by atoms with Gasteiger partial charge in [0.1, 0.15) is 18.4 Å². The molecule has 1 aromatic heterocycles. The molecule has 1 N–H and O–H groups in total. The SMILES string of the molecule is CC(C)(C)N(C(=O)O)C(Cc1ccc(OCc2ccccc2)cn1)C(=O)N1CCCCC1. The minimum absolute atomic E-state index is 0.145. The fourth-order valence-electron chi connectivity index (χ4n) is 4.06. The van der Waals surface area contributed by atoms with Gasteiger partial charge in [-0.1, -0.05) is 30.3 Å². The first-order valence-electron chi connectivity index (χ1n) is 11.2. The Balaban J connectivity index is 1.76. The van der Waals surface area contributed by atoms with Crippen LogP contribution in [0.1, 0.15) is 51.3 Å². The van der Waals surface area contributed by atoms with Gasteiger partial charge in [-0.05, 0) is 57.7 Å². The van der Waals surface area contributed by atoms with Gasteiger partial charge in [-0.25, -0.2) is 4.79 Å². The summed E-state index contributed by atoms with van der Waals surface area (Å²) < 4.78 is 5.79. The van der Waals surface area contributed by atoms with Crippen molar-refractivity contribution in [1.29, 1.82) is 0 Å². The van der Waals surface area contributed by atoms with Gasteiger partial charge >= 0.3 is 6.09 Å². The van der Waals surface area contributed by atoms with Crippen molar-refractivity contribution in [1.82, 2.24) is 14.8 Å². The lowest BCUT2D eigenvalue weighted by Crippen LogP contribution is -2.58. The number of ether oxygens (including phenoxy) is 1. The molecule has 0 spiro atoms. The summed E-state index contributed by atoms with van der Waals surface area (Å²) in [5.41, 5.74) is 0.995. The van der Waals surface area contributed by atoms with Crippen molar-refractivity contribution in [3.63, 3.8) is 0 Å². The number of piperidine rings is 1. The Morgan fingerprint density at radius 2 is 1.78 bits per heavy atom. The van der Waals surface area contributed by atoms with Crippen molar-refractivity contribution in [2.45, 2.75) is 64.6 Å². The van der Waals surface area contributed by atoms with E-state index in [4.69, 9.17) is 4.74 Å². The average Bonchev–Trinajstić information content (AvgIpc) is 2.78. The monoisotopic (exact) mass is 439 g/mol. The first-order valence-corrected chi connectivity index (χ1v) is 11.2. The average molecular weight is 440 g/mol. The molecule has 2 heterocycles. The number of aromatic nitrogens is 1. The van der Waals surface area contributed by atoms with Crippen LogP contribution < -0.4 is 4.74 Å². The van der Waals surface area contributed by atoms with Gasteiger partial charge in [-0.15, -0.1) is 0 Å². The molecule has 7 heteroatoms. The Bertz CT molecular complexity index is 888. The smallest absolute Gasteiger partial charge is 0.408 e. The summed E-state index contributed by atoms with van der Waals surface area (Å²) >= 11 is 0. The van der Waals surface area contributed by atoms with Crippen molar-refractivity contribution >= 4 is 12.0 Å². The Morgan fingerprint density at radius 3 is 2.34 bits per heavy atom. The molecular weight excluding hydrogens is 406 g/mol. The molecule has 1 aliphatic heterocycles. The first kappa shape index (κ1) is 23.6. The molecular formula is C25H33N3O4. The molecule has 2 aromatic rings. The minimum atomic E-state index is -1.10. The third-order valence-corrected chi connectivity index (χ3v) is 5.64. The highest BCUT2D eigenvalue weighted by Crippen LogP contribution is 2.24. The molecule has 3 rings (SSSR count). The molecule has 0 radical (unpaired) electrons. The quantitative estimate of drug-likeness (QED) is 0.693. The number of nitrogens with zero attached hydrogens (tertiary/aromatic N) is 3. The lowest BCUT2D eigenvalue weighted by molar-refractivity contribution is -0.139. The van der Waals surface area contributed by atoms with Crippen LogP contribution in [-0.4, -0.2) is 56.6 Å². The van der Waals surface area contributed by atoms with Crippen LogP contribution in [0.3, 0.4) is 0 Å². The standard InChI is InChI=1S/C25H33N3O4/c1-25(2,3)28(24(30)31)22(23(29)27-14-8-5-9-15-27)16-20-12-13-21(17-26-20)32-18-19-10-6-4-7-11-19/h4,6-7,10-13,17,22H,5,8-9,14-16,18H2,1-3H3,(H,30,31). The van der Waals surface area contributed by atoms with Crippen LogP contribution in [0.15, 0.2) is 48.7 Å². The maximum atomic E-state index is 13.4. The van der Waals surface area contributed by atoms with E-state index in [0.29, 0.717) is 31.1 Å². The number of carboxylic acid groups (broad SMARTS) is 1. The van der Waals surface area contributed by atoms with E-state index < -0.39 is 17.7 Å². The molecule has 0 aliphatic carbocycles. The Hall–Kier alpha value is -3.09. The highest BCUT2D eigenvalue weighted by molar-refractivity contribution is 5.86. The second-order valence-electron chi connectivity index (χ2n) is 9.19. The molecule has 1 aromatic carbocycles. The van der Waals surface area contributed by atoms with E-state index in [1.165, 1.54) is 4.90 Å². The number of carbonyl (C=O) groups is 2. The second-order valence-corrected chi connectivity index (χ2v) is 9.19. The lowest BCUT2D eigenvalue weighted by atomic mass is 9.98. The normalized spacial score (nSPS) is 15.2. The molecule has 0 saturated carbocycles. The molecule has 1 saturated heterocycles. The van der Waals surface area contributed by atoms with E-state index >= 15 is 0 Å². The molecule has 1 atom stereocenters. The number of pyridine rings is 1. The summed E-state index contributed by atoms with van der Waals surface area (Å²) in [6, 6.07) is 12.7. The van der Waals surface area contributed by atoms with Crippen molar-refractivity contribution in [3.8, 4) is 5.75 Å². The Morgan fingerprint density at radius 1 is 1.09 bits per heavy atom. The van der Waals surface area contributed by atoms with Gasteiger partial charge in [-0.3, -0.25) is 14.7 Å². The third-order valence-electron chi connectivity index (χ3n) is 5.64. The highest BCUT2D eigenvalue weighted by Gasteiger charge is 2.39. The van der Waals surface area contributed by atoms with Gasteiger partial charge in [0.05, 0.1) is 6.20 Å². The predicted molar refractivity (Wildman–Crippen MR) is 123 cm³/mol. The number of likely N-dealkylation sites (tertiary alicyclic amines) is 1. The molecule has 1 aliphatic rings. The predicted octanol–water partition coefficient (Wildman–Crippen LogP) is 4.36. The Labute approximate surface area is 190 Å². The summed E-state index contributed by atoms with van der Waals surface area (Å²) in [4.78, 5) is 33.1. The summed E-state index contributed by atoms with van der Waals surface area (Å²) in [5.74, 6) is 0.482. The molecule has 1 unspecified atom stereocenters. The Kier molecular flexibility index (Phi) is 7.72. The number of benzene rings is 1. The van der Waals surface area contributed by atoms with E-state index in [-0.39, 0.29) is 12.3 Å². The number of hydrogen-bond acceptors (Lipinski definition) is 4. The molecule has 172 valence electrons. The maximum Gasteiger partial charge on any atom is 0.408 e. The van der Waals surface area contributed by atoms with Gasteiger partial charge in [-0.2, -0.15) is 0 Å². The fourth-order valence-corrected chi connectivity index (χ4v) is 4.06. The molecule has 1 fully saturated rings. The summed E-state index contributed by atoms with van der Waals surface area (Å²) in [6.07, 6.45) is 3.75. The van der Waals surface area contributed by atoms with Crippen molar-refractivity contribution in [2.75, 3.05) is 13.1 Å². The van der Waals surface area contributed by atoms with Crippen molar-refractivity contribution < 1.29 is 19.4 Å². The first-order chi connectivity index (χ1) is 15.3. The lowest BCUT2D eigenvalue weighted by Gasteiger charge is -2.41. The number of amides is 2. The van der Waals surface area contributed by atoms with Gasteiger partial charge < -0.3 is 14.7 Å². The van der Waals surface area contributed by atoms with Crippen LogP contribution in [0.5, 0.6) is 5.75 Å². The van der Waals surface area contributed by atoms with E-state index in [0.717, 1.165) is 24.8 Å². The number of carbonyl (C=O) groups excluding carboxylic acids is 1. The van der Waals surface area contributed by atoms with Gasteiger partial charge in [0.15, 0.2) is 0 Å². The van der Waals surface area contributed by atoms with E-state index in [1.54, 1.807) is 17.2 Å². The zero-order valence-corrected chi connectivity index (χ0v) is 19.2. The molecule has 32 heavy (non-hydrogen) atoms. The van der Waals surface area contributed by atoms with Gasteiger partial charge in [0.2, 0.25) is 5.91 Å². The van der Waals surface area contributed by atoms with Gasteiger partial charge in [0.25, 0.3) is 0 Å². The number of rotatable bonds is 7. The summed E-state index contributed by atoms with van der Waals surface area (Å²) in [6.45, 7) is 7.22. The van der Waals surface area contributed by atoms with E-state index in [2.05, 4.69) is 4.98 Å². The highest BCUT2D eigenvalue weighted by atomic mass is 16.5. The molecule has 7 nitrogen and oxygen atoms in total.